The molecule has 0 fully saturated rings. The van der Waals surface area contributed by atoms with Gasteiger partial charge in [-0.1, -0.05) is 23.7 Å². The van der Waals surface area contributed by atoms with Crippen molar-refractivity contribution in [3.8, 4) is 0 Å². The van der Waals surface area contributed by atoms with Crippen LogP contribution in [0.4, 0.5) is 11.4 Å². The number of anilines is 2. The van der Waals surface area contributed by atoms with Crippen molar-refractivity contribution in [3.05, 3.63) is 58.1 Å². The first-order chi connectivity index (χ1) is 10.1. The Morgan fingerprint density at radius 2 is 2.10 bits per heavy atom. The molecular formula is C16H16ClN3O. The smallest absolute Gasteiger partial charge is 0.248 e. The van der Waals surface area contributed by atoms with E-state index in [4.69, 9.17) is 17.3 Å². The number of carbonyl (C=O) groups excluding carboxylic acids is 1. The summed E-state index contributed by atoms with van der Waals surface area (Å²) >= 11 is 6.22. The van der Waals surface area contributed by atoms with Gasteiger partial charge in [0.15, 0.2) is 0 Å². The van der Waals surface area contributed by atoms with E-state index in [-0.39, 0.29) is 0 Å². The average Bonchev–Trinajstić information content (AvgIpc) is 2.49. The lowest BCUT2D eigenvalue weighted by atomic mass is 9.99. The Hall–Kier alpha value is -2.04. The molecule has 108 valence electrons. The molecule has 1 aliphatic rings. The van der Waals surface area contributed by atoms with Gasteiger partial charge in [-0.3, -0.25) is 4.79 Å². The van der Waals surface area contributed by atoms with Crippen LogP contribution in [0.2, 0.25) is 5.02 Å². The number of hydrogen-bond acceptors (Lipinski definition) is 3. The van der Waals surface area contributed by atoms with Crippen LogP contribution in [0, 0.1) is 0 Å². The van der Waals surface area contributed by atoms with Crippen LogP contribution < -0.4 is 16.4 Å². The van der Waals surface area contributed by atoms with Gasteiger partial charge in [0, 0.05) is 17.8 Å². The van der Waals surface area contributed by atoms with Crippen LogP contribution in [0.25, 0.3) is 0 Å². The first kappa shape index (κ1) is 13.9. The van der Waals surface area contributed by atoms with E-state index in [0.717, 1.165) is 30.9 Å². The second kappa shape index (κ2) is 5.76. The summed E-state index contributed by atoms with van der Waals surface area (Å²) in [4.78, 5) is 11.2. The summed E-state index contributed by atoms with van der Waals surface area (Å²) in [7, 11) is 0. The van der Waals surface area contributed by atoms with E-state index in [2.05, 4.69) is 16.7 Å². The first-order valence-electron chi connectivity index (χ1n) is 6.83. The van der Waals surface area contributed by atoms with E-state index < -0.39 is 5.91 Å². The zero-order valence-electron chi connectivity index (χ0n) is 11.4. The Morgan fingerprint density at radius 3 is 2.86 bits per heavy atom. The largest absolute Gasteiger partial charge is 0.366 e. The van der Waals surface area contributed by atoms with Gasteiger partial charge in [-0.15, -0.1) is 0 Å². The third-order valence-electron chi connectivity index (χ3n) is 3.66. The van der Waals surface area contributed by atoms with Crippen LogP contribution in [0.5, 0.6) is 0 Å². The van der Waals surface area contributed by atoms with Crippen molar-refractivity contribution in [2.75, 3.05) is 11.9 Å². The number of nitrogens with two attached hydrogens (primary N) is 1. The topological polar surface area (TPSA) is 67.2 Å². The lowest BCUT2D eigenvalue weighted by Crippen LogP contribution is -2.24. The number of hydrogen-bond donors (Lipinski definition) is 3. The molecule has 0 unspecified atom stereocenters. The minimum absolute atomic E-state index is 0.407. The number of halogens is 1. The lowest BCUT2D eigenvalue weighted by molar-refractivity contribution is 0.100. The van der Waals surface area contributed by atoms with Crippen molar-refractivity contribution in [1.29, 1.82) is 0 Å². The van der Waals surface area contributed by atoms with Gasteiger partial charge in [0.05, 0.1) is 10.7 Å². The maximum Gasteiger partial charge on any atom is 0.248 e. The lowest BCUT2D eigenvalue weighted by Gasteiger charge is -2.21. The number of rotatable bonds is 3. The molecule has 2 aromatic carbocycles. The molecule has 0 aromatic heterocycles. The fourth-order valence-electron chi connectivity index (χ4n) is 2.56. The third kappa shape index (κ3) is 2.86. The van der Waals surface area contributed by atoms with E-state index in [0.29, 0.717) is 10.6 Å². The number of carbonyl (C=O) groups is 1. The predicted molar refractivity (Wildman–Crippen MR) is 85.1 cm³/mol. The van der Waals surface area contributed by atoms with Crippen LogP contribution in [-0.2, 0) is 13.0 Å². The molecule has 1 heterocycles. The number of amides is 1. The summed E-state index contributed by atoms with van der Waals surface area (Å²) in [6.45, 7) is 1.86. The fraction of sp³-hybridized carbons (Fsp3) is 0.188. The molecular weight excluding hydrogens is 286 g/mol. The second-order valence-electron chi connectivity index (χ2n) is 5.05. The van der Waals surface area contributed by atoms with Gasteiger partial charge in [-0.25, -0.2) is 0 Å². The van der Waals surface area contributed by atoms with E-state index in [1.165, 1.54) is 11.1 Å². The number of primary amides is 1. The Labute approximate surface area is 128 Å². The zero-order chi connectivity index (χ0) is 14.8. The van der Waals surface area contributed by atoms with Crippen LogP contribution in [0.1, 0.15) is 21.5 Å². The molecule has 5 heteroatoms. The van der Waals surface area contributed by atoms with Gasteiger partial charge < -0.3 is 16.4 Å². The fourth-order valence-corrected chi connectivity index (χ4v) is 2.79. The highest BCUT2D eigenvalue weighted by Crippen LogP contribution is 2.30. The number of fused-ring (bicyclic) bond motifs is 1. The van der Waals surface area contributed by atoms with E-state index >= 15 is 0 Å². The Balaban J connectivity index is 1.92. The molecule has 0 spiro atoms. The van der Waals surface area contributed by atoms with E-state index in [9.17, 15) is 4.79 Å². The van der Waals surface area contributed by atoms with Gasteiger partial charge in [0.25, 0.3) is 0 Å². The van der Waals surface area contributed by atoms with Crippen molar-refractivity contribution in [1.82, 2.24) is 5.32 Å². The highest BCUT2D eigenvalue weighted by atomic mass is 35.5. The molecule has 0 saturated heterocycles. The molecule has 0 saturated carbocycles. The first-order valence-corrected chi connectivity index (χ1v) is 7.21. The SMILES string of the molecule is NC(=O)c1ccc(Nc2cccc3c2CCNC3)c(Cl)c1. The zero-order valence-corrected chi connectivity index (χ0v) is 12.2. The summed E-state index contributed by atoms with van der Waals surface area (Å²) < 4.78 is 0. The molecule has 3 rings (SSSR count). The molecule has 4 nitrogen and oxygen atoms in total. The van der Waals surface area contributed by atoms with E-state index in [1.54, 1.807) is 18.2 Å². The van der Waals surface area contributed by atoms with Gasteiger partial charge in [0.1, 0.15) is 0 Å². The normalized spacial score (nSPS) is 13.6. The third-order valence-corrected chi connectivity index (χ3v) is 3.98. The standard InChI is InChI=1S/C16H16ClN3O/c17-13-8-10(16(18)21)4-5-15(13)20-14-3-1-2-11-9-19-7-6-12(11)14/h1-5,8,19-20H,6-7,9H2,(H2,18,21). The Bertz CT molecular complexity index is 700. The summed E-state index contributed by atoms with van der Waals surface area (Å²) in [5.74, 6) is -0.480. The summed E-state index contributed by atoms with van der Waals surface area (Å²) in [6, 6.07) is 11.2. The van der Waals surface area contributed by atoms with Crippen molar-refractivity contribution >= 4 is 28.9 Å². The molecule has 0 radical (unpaired) electrons. The van der Waals surface area contributed by atoms with Gasteiger partial charge in [0.2, 0.25) is 5.91 Å². The molecule has 0 aliphatic carbocycles. The van der Waals surface area contributed by atoms with E-state index in [1.807, 2.05) is 12.1 Å². The Morgan fingerprint density at radius 1 is 1.24 bits per heavy atom. The molecule has 21 heavy (non-hydrogen) atoms. The minimum atomic E-state index is -0.480. The van der Waals surface area contributed by atoms with Crippen LogP contribution >= 0.6 is 11.6 Å². The van der Waals surface area contributed by atoms with Gasteiger partial charge in [-0.2, -0.15) is 0 Å². The van der Waals surface area contributed by atoms with Crippen molar-refractivity contribution < 1.29 is 4.79 Å². The highest BCUT2D eigenvalue weighted by molar-refractivity contribution is 6.33. The van der Waals surface area contributed by atoms with Gasteiger partial charge in [-0.05, 0) is 48.4 Å². The average molecular weight is 302 g/mol. The summed E-state index contributed by atoms with van der Waals surface area (Å²) in [5.41, 5.74) is 10.1. The minimum Gasteiger partial charge on any atom is -0.366 e. The molecule has 1 aliphatic heterocycles. The monoisotopic (exact) mass is 301 g/mol. The second-order valence-corrected chi connectivity index (χ2v) is 5.46. The maximum absolute atomic E-state index is 11.2. The molecule has 0 bridgehead atoms. The van der Waals surface area contributed by atoms with Crippen molar-refractivity contribution in [2.24, 2.45) is 5.73 Å². The molecule has 1 amide bonds. The van der Waals surface area contributed by atoms with Crippen LogP contribution in [-0.4, -0.2) is 12.5 Å². The highest BCUT2D eigenvalue weighted by Gasteiger charge is 2.13. The molecule has 4 N–H and O–H groups in total. The quantitative estimate of drug-likeness (QED) is 0.816. The summed E-state index contributed by atoms with van der Waals surface area (Å²) in [6.07, 6.45) is 0.982. The predicted octanol–water partition coefficient (Wildman–Crippen LogP) is 2.83. The van der Waals surface area contributed by atoms with Crippen LogP contribution in [0.15, 0.2) is 36.4 Å². The van der Waals surface area contributed by atoms with Crippen molar-refractivity contribution in [3.63, 3.8) is 0 Å². The van der Waals surface area contributed by atoms with Crippen molar-refractivity contribution in [2.45, 2.75) is 13.0 Å². The molecule has 0 atom stereocenters. The maximum atomic E-state index is 11.2. The Kier molecular flexibility index (Phi) is 3.82. The molecule has 2 aromatic rings. The number of benzene rings is 2. The van der Waals surface area contributed by atoms with Gasteiger partial charge >= 0.3 is 0 Å². The summed E-state index contributed by atoms with van der Waals surface area (Å²) in [5, 5.41) is 7.20. The number of nitrogens with one attached hydrogen (secondary N) is 2. The van der Waals surface area contributed by atoms with Crippen LogP contribution in [0.3, 0.4) is 0 Å².